The van der Waals surface area contributed by atoms with Gasteiger partial charge in [0.15, 0.2) is 0 Å². The van der Waals surface area contributed by atoms with Crippen LogP contribution in [0.25, 0.3) is 0 Å². The highest BCUT2D eigenvalue weighted by Crippen LogP contribution is 2.35. The lowest BCUT2D eigenvalue weighted by Gasteiger charge is -2.35. The van der Waals surface area contributed by atoms with E-state index in [2.05, 4.69) is 47.8 Å². The van der Waals surface area contributed by atoms with E-state index in [0.717, 1.165) is 47.3 Å². The van der Waals surface area contributed by atoms with Gasteiger partial charge in [0.25, 0.3) is 0 Å². The van der Waals surface area contributed by atoms with Gasteiger partial charge in [-0.05, 0) is 84.7 Å². The Hall–Kier alpha value is -3.31. The molecule has 0 saturated carbocycles. The van der Waals surface area contributed by atoms with Gasteiger partial charge >= 0.3 is 0 Å². The van der Waals surface area contributed by atoms with E-state index in [9.17, 15) is 9.90 Å². The van der Waals surface area contributed by atoms with E-state index in [-0.39, 0.29) is 17.7 Å². The van der Waals surface area contributed by atoms with Crippen molar-refractivity contribution in [2.45, 2.75) is 45.2 Å². The van der Waals surface area contributed by atoms with E-state index in [1.165, 1.54) is 11.1 Å². The smallest absolute Gasteiger partial charge is 0.240 e. The standard InChI is InChI=1S/C28H33N3O2/c1-18-13-22(32)14-19(2)23(18)17-25(29)28(33)31(3)27-11-12-30-26-10-9-21(16-24(26)27)15-20-7-5-4-6-8-20/h4-10,13-14,16,25,27,30,32H,11-12,15,17,29H2,1-3H3/t25-,27+/m0/s1. The van der Waals surface area contributed by atoms with Crippen LogP contribution < -0.4 is 11.1 Å². The second kappa shape index (κ2) is 9.67. The van der Waals surface area contributed by atoms with Gasteiger partial charge in [0.05, 0.1) is 12.1 Å². The van der Waals surface area contributed by atoms with Crippen molar-refractivity contribution in [3.05, 3.63) is 94.0 Å². The van der Waals surface area contributed by atoms with Crippen molar-refractivity contribution in [2.24, 2.45) is 5.73 Å². The highest BCUT2D eigenvalue weighted by molar-refractivity contribution is 5.82. The summed E-state index contributed by atoms with van der Waals surface area (Å²) >= 11 is 0. The molecule has 1 aliphatic rings. The molecule has 3 aromatic carbocycles. The average molecular weight is 444 g/mol. The van der Waals surface area contributed by atoms with Gasteiger partial charge in [-0.1, -0.05) is 42.5 Å². The van der Waals surface area contributed by atoms with Crippen molar-refractivity contribution >= 4 is 11.6 Å². The Kier molecular flexibility index (Phi) is 6.70. The van der Waals surface area contributed by atoms with Crippen molar-refractivity contribution in [1.82, 2.24) is 4.90 Å². The van der Waals surface area contributed by atoms with Crippen LogP contribution in [0.2, 0.25) is 0 Å². The number of fused-ring (bicyclic) bond motifs is 1. The predicted molar refractivity (Wildman–Crippen MR) is 134 cm³/mol. The number of hydrogen-bond donors (Lipinski definition) is 3. The number of anilines is 1. The second-order valence-corrected chi connectivity index (χ2v) is 9.13. The summed E-state index contributed by atoms with van der Waals surface area (Å²) in [5, 5.41) is 13.3. The molecule has 3 aromatic rings. The van der Waals surface area contributed by atoms with Gasteiger partial charge < -0.3 is 21.1 Å². The maximum atomic E-state index is 13.4. The molecule has 4 rings (SSSR count). The number of hydrogen-bond acceptors (Lipinski definition) is 4. The first-order valence-corrected chi connectivity index (χ1v) is 11.6. The quantitative estimate of drug-likeness (QED) is 0.525. The van der Waals surface area contributed by atoms with Crippen molar-refractivity contribution in [1.29, 1.82) is 0 Å². The van der Waals surface area contributed by atoms with Crippen LogP contribution >= 0.6 is 0 Å². The fourth-order valence-corrected chi connectivity index (χ4v) is 4.91. The zero-order valence-electron chi connectivity index (χ0n) is 19.6. The number of aryl methyl sites for hydroxylation is 2. The summed E-state index contributed by atoms with van der Waals surface area (Å²) in [4.78, 5) is 15.2. The molecule has 0 unspecified atom stereocenters. The van der Waals surface area contributed by atoms with Crippen molar-refractivity contribution in [2.75, 3.05) is 18.9 Å². The van der Waals surface area contributed by atoms with E-state index < -0.39 is 6.04 Å². The molecule has 0 aromatic heterocycles. The SMILES string of the molecule is Cc1cc(O)cc(C)c1C[C@H](N)C(=O)N(C)[C@@H]1CCNc2ccc(Cc3ccccc3)cc21. The lowest BCUT2D eigenvalue weighted by molar-refractivity contribution is -0.133. The summed E-state index contributed by atoms with van der Waals surface area (Å²) in [6.07, 6.45) is 2.15. The minimum absolute atomic E-state index is 0.0162. The Morgan fingerprint density at radius 1 is 1.09 bits per heavy atom. The van der Waals surface area contributed by atoms with Gasteiger partial charge in [0.1, 0.15) is 5.75 Å². The van der Waals surface area contributed by atoms with Crippen LogP contribution in [0.5, 0.6) is 5.75 Å². The minimum atomic E-state index is -0.636. The molecule has 4 N–H and O–H groups in total. The van der Waals surface area contributed by atoms with Crippen LogP contribution in [0.3, 0.4) is 0 Å². The lowest BCUT2D eigenvalue weighted by Crippen LogP contribution is -2.45. The van der Waals surface area contributed by atoms with E-state index in [1.807, 2.05) is 31.9 Å². The molecular weight excluding hydrogens is 410 g/mol. The van der Waals surface area contributed by atoms with Gasteiger partial charge in [-0.3, -0.25) is 4.79 Å². The first-order chi connectivity index (χ1) is 15.8. The first-order valence-electron chi connectivity index (χ1n) is 11.6. The predicted octanol–water partition coefficient (Wildman–Crippen LogP) is 4.48. The maximum absolute atomic E-state index is 13.4. The topological polar surface area (TPSA) is 78.6 Å². The normalized spacial score (nSPS) is 15.9. The highest BCUT2D eigenvalue weighted by atomic mass is 16.3. The molecule has 5 nitrogen and oxygen atoms in total. The summed E-state index contributed by atoms with van der Waals surface area (Å²) in [6, 6.07) is 19.7. The Bertz CT molecular complexity index is 1120. The van der Waals surface area contributed by atoms with Gasteiger partial charge in [0, 0.05) is 19.3 Å². The number of nitrogens with two attached hydrogens (primary N) is 1. The Labute approximate surface area is 196 Å². The van der Waals surface area contributed by atoms with Crippen LogP contribution in [0.4, 0.5) is 5.69 Å². The number of nitrogens with one attached hydrogen (secondary N) is 1. The number of likely N-dealkylation sites (N-methyl/N-ethyl adjacent to an activating group) is 1. The molecule has 2 atom stereocenters. The highest BCUT2D eigenvalue weighted by Gasteiger charge is 2.30. The molecular formula is C28H33N3O2. The molecule has 0 aliphatic carbocycles. The number of phenols is 1. The molecule has 0 saturated heterocycles. The molecule has 0 radical (unpaired) electrons. The number of carbonyl (C=O) groups excluding carboxylic acids is 1. The molecule has 1 aliphatic heterocycles. The molecule has 1 heterocycles. The van der Waals surface area contributed by atoms with Crippen molar-refractivity contribution < 1.29 is 9.90 Å². The average Bonchev–Trinajstić information content (AvgIpc) is 2.80. The molecule has 0 bridgehead atoms. The number of benzene rings is 3. The van der Waals surface area contributed by atoms with Crippen LogP contribution in [-0.2, 0) is 17.6 Å². The second-order valence-electron chi connectivity index (χ2n) is 9.13. The van der Waals surface area contributed by atoms with E-state index in [0.29, 0.717) is 6.42 Å². The third-order valence-electron chi connectivity index (χ3n) is 6.70. The van der Waals surface area contributed by atoms with Gasteiger partial charge in [-0.25, -0.2) is 0 Å². The molecule has 33 heavy (non-hydrogen) atoms. The van der Waals surface area contributed by atoms with E-state index >= 15 is 0 Å². The summed E-state index contributed by atoms with van der Waals surface area (Å²) in [5.41, 5.74) is 14.1. The zero-order chi connectivity index (χ0) is 23.5. The lowest BCUT2D eigenvalue weighted by atomic mass is 9.92. The summed E-state index contributed by atoms with van der Waals surface area (Å²) < 4.78 is 0. The van der Waals surface area contributed by atoms with Crippen LogP contribution in [0.1, 0.15) is 45.8 Å². The zero-order valence-corrected chi connectivity index (χ0v) is 19.6. The minimum Gasteiger partial charge on any atom is -0.508 e. The van der Waals surface area contributed by atoms with Gasteiger partial charge in [-0.15, -0.1) is 0 Å². The van der Waals surface area contributed by atoms with Crippen molar-refractivity contribution in [3.63, 3.8) is 0 Å². The first kappa shape index (κ1) is 22.9. The Morgan fingerprint density at radius 2 is 1.79 bits per heavy atom. The number of nitrogens with zero attached hydrogens (tertiary/aromatic N) is 1. The molecule has 1 amide bonds. The fourth-order valence-electron chi connectivity index (χ4n) is 4.91. The Morgan fingerprint density at radius 3 is 2.48 bits per heavy atom. The fraction of sp³-hybridized carbons (Fsp3) is 0.321. The third kappa shape index (κ3) is 5.04. The van der Waals surface area contributed by atoms with Crippen LogP contribution in [0, 0.1) is 13.8 Å². The third-order valence-corrected chi connectivity index (χ3v) is 6.70. The summed E-state index contributed by atoms with van der Waals surface area (Å²) in [7, 11) is 1.86. The number of phenolic OH excluding ortho intramolecular Hbond substituents is 1. The van der Waals surface area contributed by atoms with Crippen molar-refractivity contribution in [3.8, 4) is 5.75 Å². The maximum Gasteiger partial charge on any atom is 0.240 e. The molecule has 172 valence electrons. The molecule has 0 spiro atoms. The van der Waals surface area contributed by atoms with Gasteiger partial charge in [-0.2, -0.15) is 0 Å². The molecule has 5 heteroatoms. The van der Waals surface area contributed by atoms with E-state index in [4.69, 9.17) is 5.73 Å². The largest absolute Gasteiger partial charge is 0.508 e. The summed E-state index contributed by atoms with van der Waals surface area (Å²) in [6.45, 7) is 4.71. The van der Waals surface area contributed by atoms with Crippen LogP contribution in [-0.4, -0.2) is 35.5 Å². The van der Waals surface area contributed by atoms with Gasteiger partial charge in [0.2, 0.25) is 5.91 Å². The monoisotopic (exact) mass is 443 g/mol. The number of amides is 1. The van der Waals surface area contributed by atoms with Crippen LogP contribution in [0.15, 0.2) is 60.7 Å². The summed E-state index contributed by atoms with van der Waals surface area (Å²) in [5.74, 6) is 0.177. The Balaban J connectivity index is 1.53. The molecule has 0 fully saturated rings. The number of carbonyl (C=O) groups is 1. The number of rotatable bonds is 6. The number of aromatic hydroxyl groups is 1. The van der Waals surface area contributed by atoms with E-state index in [1.54, 1.807) is 12.1 Å².